The zero-order chi connectivity index (χ0) is 20.5. The van der Waals surface area contributed by atoms with E-state index in [1.165, 1.54) is 12.8 Å². The molecular weight excluding hydrogens is 378 g/mol. The van der Waals surface area contributed by atoms with E-state index in [1.54, 1.807) is 10.9 Å². The molecule has 156 valence electrons. The molecule has 30 heavy (non-hydrogen) atoms. The van der Waals surface area contributed by atoms with Crippen LogP contribution in [0.5, 0.6) is 0 Å². The molecule has 5 rings (SSSR count). The van der Waals surface area contributed by atoms with Gasteiger partial charge in [0.1, 0.15) is 10.9 Å². The number of aromatic nitrogens is 5. The van der Waals surface area contributed by atoms with Crippen molar-refractivity contribution in [3.63, 3.8) is 0 Å². The third kappa shape index (κ3) is 3.37. The first kappa shape index (κ1) is 19.2. The van der Waals surface area contributed by atoms with Crippen molar-refractivity contribution in [2.45, 2.75) is 64.6 Å². The third-order valence-electron chi connectivity index (χ3n) is 5.98. The SMILES string of the molecule is CCCCCCn1cnc2c(c1=O)c1nc3ccccc3nc1n2C[C@H]1CCCO1. The number of unbranched alkanes of at least 4 members (excludes halogenated alkanes) is 3. The highest BCUT2D eigenvalue weighted by atomic mass is 16.5. The van der Waals surface area contributed by atoms with Crippen LogP contribution in [-0.4, -0.2) is 36.8 Å². The van der Waals surface area contributed by atoms with Gasteiger partial charge in [0.25, 0.3) is 5.56 Å². The minimum Gasteiger partial charge on any atom is -0.376 e. The van der Waals surface area contributed by atoms with E-state index in [1.807, 2.05) is 28.8 Å². The fraction of sp³-hybridized carbons (Fsp3) is 0.478. The van der Waals surface area contributed by atoms with Crippen LogP contribution in [0.25, 0.3) is 33.2 Å². The molecule has 0 aliphatic carbocycles. The van der Waals surface area contributed by atoms with Gasteiger partial charge in [-0.25, -0.2) is 15.0 Å². The number of para-hydroxylation sites is 2. The summed E-state index contributed by atoms with van der Waals surface area (Å²) in [5, 5.41) is 0.569. The summed E-state index contributed by atoms with van der Waals surface area (Å²) in [5.74, 6) is 0. The monoisotopic (exact) mass is 405 g/mol. The summed E-state index contributed by atoms with van der Waals surface area (Å²) in [6.45, 7) is 4.29. The van der Waals surface area contributed by atoms with Gasteiger partial charge in [-0.1, -0.05) is 38.3 Å². The Kier molecular flexibility index (Phi) is 5.21. The summed E-state index contributed by atoms with van der Waals surface area (Å²) < 4.78 is 9.62. The molecule has 0 saturated carbocycles. The quantitative estimate of drug-likeness (QED) is 0.434. The van der Waals surface area contributed by atoms with Crippen LogP contribution in [0.4, 0.5) is 0 Å². The number of nitrogens with zero attached hydrogens (tertiary/aromatic N) is 5. The molecule has 7 heteroatoms. The lowest BCUT2D eigenvalue weighted by Gasteiger charge is -2.12. The first-order valence-electron chi connectivity index (χ1n) is 11.0. The number of hydrogen-bond donors (Lipinski definition) is 0. The lowest BCUT2D eigenvalue weighted by Crippen LogP contribution is -2.21. The van der Waals surface area contributed by atoms with Gasteiger partial charge in [-0.3, -0.25) is 9.36 Å². The molecule has 1 aromatic carbocycles. The van der Waals surface area contributed by atoms with Crippen LogP contribution < -0.4 is 5.56 Å². The number of hydrogen-bond acceptors (Lipinski definition) is 5. The Labute approximate surface area is 174 Å². The zero-order valence-corrected chi connectivity index (χ0v) is 17.4. The largest absolute Gasteiger partial charge is 0.376 e. The first-order chi connectivity index (χ1) is 14.8. The van der Waals surface area contributed by atoms with Gasteiger partial charge in [-0.15, -0.1) is 0 Å². The highest BCUT2D eigenvalue weighted by Gasteiger charge is 2.23. The van der Waals surface area contributed by atoms with E-state index in [-0.39, 0.29) is 11.7 Å². The van der Waals surface area contributed by atoms with Crippen LogP contribution >= 0.6 is 0 Å². The van der Waals surface area contributed by atoms with Gasteiger partial charge in [0.2, 0.25) is 0 Å². The van der Waals surface area contributed by atoms with Crippen LogP contribution in [-0.2, 0) is 17.8 Å². The number of benzene rings is 1. The molecule has 7 nitrogen and oxygen atoms in total. The minimum absolute atomic E-state index is 0.0304. The normalized spacial score (nSPS) is 16.9. The van der Waals surface area contributed by atoms with Gasteiger partial charge in [0, 0.05) is 13.2 Å². The second kappa shape index (κ2) is 8.14. The Morgan fingerprint density at radius 1 is 1.10 bits per heavy atom. The molecule has 4 heterocycles. The van der Waals surface area contributed by atoms with Crippen molar-refractivity contribution in [1.29, 1.82) is 0 Å². The van der Waals surface area contributed by atoms with Gasteiger partial charge < -0.3 is 9.30 Å². The molecule has 0 spiro atoms. The highest BCUT2D eigenvalue weighted by molar-refractivity contribution is 6.04. The Morgan fingerprint density at radius 2 is 1.93 bits per heavy atom. The van der Waals surface area contributed by atoms with Gasteiger partial charge in [-0.2, -0.15) is 0 Å². The summed E-state index contributed by atoms with van der Waals surface area (Å²) in [5.41, 5.74) is 3.60. The summed E-state index contributed by atoms with van der Waals surface area (Å²) >= 11 is 0. The average molecular weight is 406 g/mol. The van der Waals surface area contributed by atoms with Gasteiger partial charge in [0.05, 0.1) is 30.0 Å². The predicted octanol–water partition coefficient (Wildman–Crippen LogP) is 4.05. The van der Waals surface area contributed by atoms with Crippen molar-refractivity contribution in [3.8, 4) is 0 Å². The van der Waals surface area contributed by atoms with Crippen molar-refractivity contribution in [3.05, 3.63) is 40.9 Å². The van der Waals surface area contributed by atoms with E-state index in [4.69, 9.17) is 19.7 Å². The van der Waals surface area contributed by atoms with Crippen molar-refractivity contribution in [2.24, 2.45) is 0 Å². The molecule has 1 atom stereocenters. The molecule has 0 unspecified atom stereocenters. The summed E-state index contributed by atoms with van der Waals surface area (Å²) in [6, 6.07) is 7.79. The van der Waals surface area contributed by atoms with E-state index in [2.05, 4.69) is 6.92 Å². The number of fused-ring (bicyclic) bond motifs is 4. The summed E-state index contributed by atoms with van der Waals surface area (Å²) in [6.07, 6.45) is 8.33. The number of aryl methyl sites for hydroxylation is 1. The van der Waals surface area contributed by atoms with Crippen LogP contribution in [0.1, 0.15) is 45.4 Å². The van der Waals surface area contributed by atoms with Gasteiger partial charge >= 0.3 is 0 Å². The van der Waals surface area contributed by atoms with Crippen molar-refractivity contribution >= 4 is 33.2 Å². The van der Waals surface area contributed by atoms with Crippen LogP contribution in [0.3, 0.4) is 0 Å². The smallest absolute Gasteiger partial charge is 0.265 e. The lowest BCUT2D eigenvalue weighted by molar-refractivity contribution is 0.0987. The highest BCUT2D eigenvalue weighted by Crippen LogP contribution is 2.27. The maximum absolute atomic E-state index is 13.4. The van der Waals surface area contributed by atoms with E-state index in [0.29, 0.717) is 35.3 Å². The molecule has 3 aromatic heterocycles. The van der Waals surface area contributed by atoms with Crippen LogP contribution in [0, 0.1) is 0 Å². The Balaban J connectivity index is 1.68. The molecule has 4 aromatic rings. The second-order valence-electron chi connectivity index (χ2n) is 8.13. The van der Waals surface area contributed by atoms with E-state index in [9.17, 15) is 4.79 Å². The first-order valence-corrected chi connectivity index (χ1v) is 11.0. The maximum atomic E-state index is 13.4. The second-order valence-corrected chi connectivity index (χ2v) is 8.13. The molecule has 0 amide bonds. The van der Waals surface area contributed by atoms with Gasteiger partial charge in [-0.05, 0) is 31.4 Å². The van der Waals surface area contributed by atoms with Crippen molar-refractivity contribution in [1.82, 2.24) is 24.1 Å². The maximum Gasteiger partial charge on any atom is 0.265 e. The molecule has 1 saturated heterocycles. The topological polar surface area (TPSA) is 74.8 Å². The number of rotatable bonds is 7. The molecule has 1 aliphatic rings. The lowest BCUT2D eigenvalue weighted by atomic mass is 10.2. The molecule has 1 aliphatic heterocycles. The van der Waals surface area contributed by atoms with E-state index in [0.717, 1.165) is 43.3 Å². The van der Waals surface area contributed by atoms with Crippen molar-refractivity contribution < 1.29 is 4.74 Å². The van der Waals surface area contributed by atoms with Crippen molar-refractivity contribution in [2.75, 3.05) is 6.61 Å². The fourth-order valence-electron chi connectivity index (χ4n) is 4.37. The molecule has 0 radical (unpaired) electrons. The molecule has 0 bridgehead atoms. The zero-order valence-electron chi connectivity index (χ0n) is 17.4. The summed E-state index contributed by atoms with van der Waals surface area (Å²) in [4.78, 5) is 27.8. The number of ether oxygens (including phenoxy) is 1. The standard InChI is InChI=1S/C23H27N5O2/c1-2-3-4-7-12-27-15-24-21-19(23(27)29)20-22(28(21)14-16-9-8-13-30-16)26-18-11-6-5-10-17(18)25-20/h5-6,10-11,15-16H,2-4,7-9,12-14H2,1H3/t16-/m1/s1. The van der Waals surface area contributed by atoms with E-state index < -0.39 is 0 Å². The third-order valence-corrected chi connectivity index (χ3v) is 5.98. The van der Waals surface area contributed by atoms with Gasteiger partial charge in [0.15, 0.2) is 11.3 Å². The minimum atomic E-state index is -0.0304. The Morgan fingerprint density at radius 3 is 2.70 bits per heavy atom. The molecule has 0 N–H and O–H groups in total. The Bertz CT molecular complexity index is 1250. The van der Waals surface area contributed by atoms with Crippen LogP contribution in [0.15, 0.2) is 35.4 Å². The van der Waals surface area contributed by atoms with E-state index >= 15 is 0 Å². The predicted molar refractivity (Wildman–Crippen MR) is 118 cm³/mol. The average Bonchev–Trinajstić information content (AvgIpc) is 3.38. The fourth-order valence-corrected chi connectivity index (χ4v) is 4.37. The van der Waals surface area contributed by atoms with Crippen LogP contribution in [0.2, 0.25) is 0 Å². The Hall–Kier alpha value is -2.80. The molecule has 1 fully saturated rings. The molecular formula is C23H27N5O2. The summed E-state index contributed by atoms with van der Waals surface area (Å²) in [7, 11) is 0.